The van der Waals surface area contributed by atoms with E-state index < -0.39 is 18.1 Å². The zero-order chi connectivity index (χ0) is 53.9. The second-order valence-electron chi connectivity index (χ2n) is 18.6. The number of benzene rings is 3. The molecule has 0 aliphatic carbocycles. The molecule has 3 aromatic carbocycles. The summed E-state index contributed by atoms with van der Waals surface area (Å²) in [5.74, 6) is -2.35. The van der Waals surface area contributed by atoms with E-state index >= 15 is 0 Å². The van der Waals surface area contributed by atoms with E-state index in [1.165, 1.54) is 0 Å². The van der Waals surface area contributed by atoms with Gasteiger partial charge in [-0.3, -0.25) is 43.7 Å². The molecule has 0 unspecified atom stereocenters. The highest BCUT2D eigenvalue weighted by Crippen LogP contribution is 2.34. The third-order valence-electron chi connectivity index (χ3n) is 12.6. The minimum absolute atomic E-state index is 0. The summed E-state index contributed by atoms with van der Waals surface area (Å²) in [6, 6.07) is 30.6. The van der Waals surface area contributed by atoms with Gasteiger partial charge < -0.3 is 49.1 Å². The Labute approximate surface area is 456 Å². The molecule has 0 saturated carbocycles. The Hall–Kier alpha value is -7.90. The number of anilines is 3. The molecule has 3 heterocycles. The number of nitrogens with zero attached hydrogens (tertiary/aromatic N) is 3. The number of carbonyl (C=O) groups is 6. The van der Waals surface area contributed by atoms with Gasteiger partial charge in [-0.15, -0.1) is 12.4 Å². The van der Waals surface area contributed by atoms with Crippen LogP contribution in [-0.2, 0) is 48.0 Å². The van der Waals surface area contributed by atoms with Gasteiger partial charge in [-0.1, -0.05) is 54.6 Å². The summed E-state index contributed by atoms with van der Waals surface area (Å²) in [5.41, 5.74) is 23.6. The van der Waals surface area contributed by atoms with E-state index in [4.69, 9.17) is 17.2 Å². The number of hydrogen-bond donors (Lipinski definition) is 9. The maximum absolute atomic E-state index is 13.8. The van der Waals surface area contributed by atoms with Gasteiger partial charge in [0.2, 0.25) is 35.4 Å². The molecule has 19 heteroatoms. The maximum Gasteiger partial charge on any atom is 0.246 e. The smallest absolute Gasteiger partial charge is 0.246 e. The second kappa shape index (κ2) is 32.5. The first-order valence-corrected chi connectivity index (χ1v) is 25.9. The summed E-state index contributed by atoms with van der Waals surface area (Å²) >= 11 is 0. The lowest BCUT2D eigenvalue weighted by Gasteiger charge is -2.22. The molecule has 0 fully saturated rings. The number of pyridine rings is 3. The molecule has 3 aromatic heterocycles. The van der Waals surface area contributed by atoms with Crippen molar-refractivity contribution in [2.24, 2.45) is 17.2 Å². The maximum atomic E-state index is 13.8. The van der Waals surface area contributed by atoms with Crippen LogP contribution in [0.1, 0.15) is 97.1 Å². The first kappa shape index (κ1) is 60.0. The van der Waals surface area contributed by atoms with Gasteiger partial charge in [-0.05, 0) is 165 Å². The Morgan fingerprint density at radius 2 is 0.662 bits per heavy atom. The summed E-state index contributed by atoms with van der Waals surface area (Å²) < 4.78 is 0. The van der Waals surface area contributed by atoms with E-state index in [0.29, 0.717) is 94.5 Å². The van der Waals surface area contributed by atoms with Crippen LogP contribution in [0.3, 0.4) is 0 Å². The van der Waals surface area contributed by atoms with Crippen molar-refractivity contribution >= 4 is 64.9 Å². The van der Waals surface area contributed by atoms with Crippen LogP contribution in [0.5, 0.6) is 0 Å². The van der Waals surface area contributed by atoms with Gasteiger partial charge >= 0.3 is 0 Å². The van der Waals surface area contributed by atoms with Crippen molar-refractivity contribution in [1.29, 1.82) is 0 Å². The summed E-state index contributed by atoms with van der Waals surface area (Å²) in [5, 5.41) is 17.6. The number of rotatable bonds is 30. The molecule has 406 valence electrons. The number of amides is 6. The average molecular weight is 1070 g/mol. The quantitative estimate of drug-likeness (QED) is 0.0189. The van der Waals surface area contributed by atoms with Gasteiger partial charge in [0.15, 0.2) is 0 Å². The molecule has 3 atom stereocenters. The van der Waals surface area contributed by atoms with Crippen LogP contribution < -0.4 is 49.1 Å². The number of carbonyl (C=O) groups excluding carboxylic acids is 6. The number of unbranched alkanes of at least 4 members (excludes halogenated alkanes) is 3. The Balaban J connectivity index is 0.0000109. The average Bonchev–Trinajstić information content (AvgIpc) is 3.42. The van der Waals surface area contributed by atoms with Crippen LogP contribution in [0.15, 0.2) is 146 Å². The molecule has 18 nitrogen and oxygen atoms in total. The van der Waals surface area contributed by atoms with Gasteiger partial charge in [0.05, 0.1) is 19.3 Å². The van der Waals surface area contributed by atoms with E-state index in [2.05, 4.69) is 46.9 Å². The highest BCUT2D eigenvalue weighted by Gasteiger charge is 2.25. The van der Waals surface area contributed by atoms with Crippen LogP contribution in [0, 0.1) is 0 Å². The first-order valence-electron chi connectivity index (χ1n) is 25.9. The summed E-state index contributed by atoms with van der Waals surface area (Å²) in [6.07, 6.45) is 15.2. The first-order chi connectivity index (χ1) is 37.0. The van der Waals surface area contributed by atoms with E-state index in [-0.39, 0.29) is 73.0 Å². The molecule has 0 aliphatic rings. The predicted octanol–water partition coefficient (Wildman–Crippen LogP) is 5.86. The van der Waals surface area contributed by atoms with Gasteiger partial charge in [-0.2, -0.15) is 0 Å². The van der Waals surface area contributed by atoms with Gasteiger partial charge in [0, 0.05) is 60.2 Å². The van der Waals surface area contributed by atoms with Gasteiger partial charge in [0.25, 0.3) is 0 Å². The normalized spacial score (nSPS) is 12.0. The fourth-order valence-electron chi connectivity index (χ4n) is 8.63. The third-order valence-corrected chi connectivity index (χ3v) is 12.6. The van der Waals surface area contributed by atoms with Crippen molar-refractivity contribution in [3.8, 4) is 0 Å². The fraction of sp³-hybridized carbons (Fsp3) is 0.328. The van der Waals surface area contributed by atoms with E-state index in [0.717, 1.165) is 33.4 Å². The lowest BCUT2D eigenvalue weighted by molar-refractivity contribution is -0.126. The Bertz CT molecular complexity index is 2460. The van der Waals surface area contributed by atoms with Crippen molar-refractivity contribution in [2.75, 3.05) is 35.6 Å². The summed E-state index contributed by atoms with van der Waals surface area (Å²) in [4.78, 5) is 92.7. The van der Waals surface area contributed by atoms with Crippen molar-refractivity contribution in [1.82, 2.24) is 30.9 Å². The molecule has 6 aromatic rings. The number of aromatic nitrogens is 3. The highest BCUT2D eigenvalue weighted by atomic mass is 35.5. The minimum atomic E-state index is -0.796. The largest absolute Gasteiger partial charge is 0.344 e. The lowest BCUT2D eigenvalue weighted by Crippen LogP contribution is -2.44. The molecule has 77 heavy (non-hydrogen) atoms. The molecule has 0 bridgehead atoms. The summed E-state index contributed by atoms with van der Waals surface area (Å²) in [7, 11) is 0. The molecule has 6 rings (SSSR count). The Morgan fingerprint density at radius 1 is 0.390 bits per heavy atom. The zero-order valence-corrected chi connectivity index (χ0v) is 44.0. The predicted molar refractivity (Wildman–Crippen MR) is 302 cm³/mol. The molecule has 6 amide bonds. The SMILES string of the molecule is Cl.NCCCC[C@H](NC(=O)Cc1cccnc1)C(=O)Nc1ccc(C(c2ccc(NC(=O)[C@H](CCCCN)NC(=O)Cc3cccnc3)cc2)c2ccc(NC(=O)[C@H](CCCCN)NC(=O)Cc3cccnc3)cc2)cc1. The van der Waals surface area contributed by atoms with E-state index in [1.54, 1.807) is 110 Å². The highest BCUT2D eigenvalue weighted by molar-refractivity contribution is 5.99. The molecule has 12 N–H and O–H groups in total. The monoisotopic (exact) mass is 1070 g/mol. The van der Waals surface area contributed by atoms with Crippen molar-refractivity contribution in [3.63, 3.8) is 0 Å². The second-order valence-corrected chi connectivity index (χ2v) is 18.6. The fourth-order valence-corrected chi connectivity index (χ4v) is 8.63. The topological polar surface area (TPSA) is 291 Å². The van der Waals surface area contributed by atoms with Gasteiger partial charge in [-0.25, -0.2) is 0 Å². The van der Waals surface area contributed by atoms with Crippen LogP contribution in [-0.4, -0.2) is 88.2 Å². The lowest BCUT2D eigenvalue weighted by atomic mass is 9.85. The number of halogens is 1. The van der Waals surface area contributed by atoms with Gasteiger partial charge in [0.1, 0.15) is 18.1 Å². The third kappa shape index (κ3) is 20.3. The summed E-state index contributed by atoms with van der Waals surface area (Å²) in [6.45, 7) is 1.38. The van der Waals surface area contributed by atoms with Crippen molar-refractivity contribution < 1.29 is 28.8 Å². The standard InChI is InChI=1S/C58H70N12O6.ClH/c59-28-4-1-13-49(68-52(71)34-40-10-7-31-62-37-40)56(74)65-46-22-16-43(17-23-46)55(44-18-24-47(25-19-44)66-57(75)50(14-2-5-29-60)69-53(72)35-41-11-8-32-63-38-41)45-20-26-48(27-21-45)67-58(76)51(15-3-6-30-61)70-54(73)36-42-12-9-33-64-39-42;/h7-12,16-27,31-33,37-39,49-51,55H,1-6,13-15,28-30,34-36,59-61H2,(H,65,74)(H,66,75)(H,67,76)(H,68,71)(H,69,72)(H,70,73);1H/t49-,50-,51-;/m0./s1. The Kier molecular flexibility index (Phi) is 25.3. The molecule has 0 saturated heterocycles. The molecule has 0 spiro atoms. The van der Waals surface area contributed by atoms with Crippen LogP contribution in [0.2, 0.25) is 0 Å². The van der Waals surface area contributed by atoms with E-state index in [9.17, 15) is 28.8 Å². The van der Waals surface area contributed by atoms with Crippen LogP contribution >= 0.6 is 12.4 Å². The minimum Gasteiger partial charge on any atom is -0.344 e. The molecule has 0 aliphatic heterocycles. The number of nitrogens with one attached hydrogen (secondary N) is 6. The van der Waals surface area contributed by atoms with Crippen molar-refractivity contribution in [3.05, 3.63) is 180 Å². The van der Waals surface area contributed by atoms with E-state index in [1.807, 2.05) is 36.4 Å². The van der Waals surface area contributed by atoms with Crippen molar-refractivity contribution in [2.45, 2.75) is 101 Å². The zero-order valence-electron chi connectivity index (χ0n) is 43.2. The molecular formula is C58H71ClN12O6. The number of nitrogens with two attached hydrogens (primary N) is 3. The molecule has 0 radical (unpaired) electrons. The van der Waals surface area contributed by atoms with Crippen LogP contribution in [0.4, 0.5) is 17.1 Å². The number of hydrogen-bond acceptors (Lipinski definition) is 12. The molecular weight excluding hydrogens is 996 g/mol. The Morgan fingerprint density at radius 3 is 0.896 bits per heavy atom. The van der Waals surface area contributed by atoms with Crippen LogP contribution in [0.25, 0.3) is 0 Å².